The van der Waals surface area contributed by atoms with Gasteiger partial charge in [0.05, 0.1) is 12.3 Å². The highest BCUT2D eigenvalue weighted by atomic mass is 32.2. The van der Waals surface area contributed by atoms with Gasteiger partial charge in [-0.3, -0.25) is 4.99 Å². The van der Waals surface area contributed by atoms with Crippen molar-refractivity contribution in [1.29, 1.82) is 0 Å². The predicted molar refractivity (Wildman–Crippen MR) is 59.4 cm³/mol. The van der Waals surface area contributed by atoms with Gasteiger partial charge in [-0.2, -0.15) is 0 Å². The van der Waals surface area contributed by atoms with Crippen molar-refractivity contribution in [3.63, 3.8) is 0 Å². The van der Waals surface area contributed by atoms with Crippen LogP contribution in [0.4, 0.5) is 0 Å². The van der Waals surface area contributed by atoms with Crippen molar-refractivity contribution in [1.82, 2.24) is 10.6 Å². The van der Waals surface area contributed by atoms with Crippen LogP contribution in [0.3, 0.4) is 0 Å². The minimum Gasteiger partial charge on any atom is -0.357 e. The molecule has 84 valence electrons. The van der Waals surface area contributed by atoms with E-state index >= 15 is 0 Å². The molecule has 0 radical (unpaired) electrons. The third-order valence-electron chi connectivity index (χ3n) is 1.42. The summed E-state index contributed by atoms with van der Waals surface area (Å²) in [5, 5.41) is 6.03. The monoisotopic (exact) mass is 221 g/mol. The second-order valence-corrected chi connectivity index (χ2v) is 5.18. The summed E-state index contributed by atoms with van der Waals surface area (Å²) in [6.45, 7) is 5.76. The maximum Gasteiger partial charge on any atom is 0.191 e. The van der Waals surface area contributed by atoms with E-state index in [0.29, 0.717) is 12.5 Å². The quantitative estimate of drug-likeness (QED) is 0.490. The van der Waals surface area contributed by atoms with Crippen molar-refractivity contribution < 1.29 is 8.42 Å². The van der Waals surface area contributed by atoms with Crippen LogP contribution in [-0.4, -0.2) is 46.0 Å². The van der Waals surface area contributed by atoms with Crippen molar-refractivity contribution in [2.75, 3.05) is 31.6 Å². The summed E-state index contributed by atoms with van der Waals surface area (Å²) in [6.07, 6.45) is 1.21. The van der Waals surface area contributed by atoms with E-state index in [9.17, 15) is 8.42 Å². The first-order valence-corrected chi connectivity index (χ1v) is 6.75. The number of hydrogen-bond acceptors (Lipinski definition) is 3. The third-order valence-corrected chi connectivity index (χ3v) is 2.34. The number of sulfone groups is 1. The van der Waals surface area contributed by atoms with Gasteiger partial charge in [0.1, 0.15) is 9.84 Å². The summed E-state index contributed by atoms with van der Waals surface area (Å²) in [5.41, 5.74) is 0. The summed E-state index contributed by atoms with van der Waals surface area (Å²) in [4.78, 5) is 4.10. The minimum atomic E-state index is -2.91. The molecule has 6 heteroatoms. The van der Waals surface area contributed by atoms with Crippen LogP contribution in [0.15, 0.2) is 4.99 Å². The molecule has 0 unspecified atom stereocenters. The number of nitrogens with one attached hydrogen (secondary N) is 2. The smallest absolute Gasteiger partial charge is 0.191 e. The molecular weight excluding hydrogens is 202 g/mol. The highest BCUT2D eigenvalue weighted by Gasteiger charge is 2.00. The van der Waals surface area contributed by atoms with Gasteiger partial charge >= 0.3 is 0 Å². The Balaban J connectivity index is 4.02. The molecule has 0 aromatic rings. The van der Waals surface area contributed by atoms with Crippen molar-refractivity contribution in [3.8, 4) is 0 Å². The zero-order valence-corrected chi connectivity index (χ0v) is 9.82. The largest absolute Gasteiger partial charge is 0.357 e. The third kappa shape index (κ3) is 7.85. The molecular formula is C8H19N3O2S. The van der Waals surface area contributed by atoms with E-state index in [2.05, 4.69) is 15.6 Å². The summed E-state index contributed by atoms with van der Waals surface area (Å²) in [6, 6.07) is 0. The fourth-order valence-electron chi connectivity index (χ4n) is 0.832. The molecule has 0 saturated heterocycles. The Hall–Kier alpha value is -0.780. The van der Waals surface area contributed by atoms with Crippen LogP contribution in [0.2, 0.25) is 0 Å². The van der Waals surface area contributed by atoms with Gasteiger partial charge in [0, 0.05) is 19.3 Å². The molecule has 0 aromatic carbocycles. The van der Waals surface area contributed by atoms with E-state index in [-0.39, 0.29) is 5.75 Å². The lowest BCUT2D eigenvalue weighted by Gasteiger charge is -2.08. The number of hydrogen-bond donors (Lipinski definition) is 2. The molecule has 0 aliphatic rings. The van der Waals surface area contributed by atoms with Gasteiger partial charge in [-0.25, -0.2) is 8.42 Å². The maximum absolute atomic E-state index is 10.8. The van der Waals surface area contributed by atoms with Gasteiger partial charge in [0.25, 0.3) is 0 Å². The van der Waals surface area contributed by atoms with Crippen LogP contribution in [0.25, 0.3) is 0 Å². The second-order valence-electron chi connectivity index (χ2n) is 2.92. The first-order valence-electron chi connectivity index (χ1n) is 4.69. The van der Waals surface area contributed by atoms with Gasteiger partial charge < -0.3 is 10.6 Å². The maximum atomic E-state index is 10.8. The molecule has 0 spiro atoms. The first kappa shape index (κ1) is 13.2. The normalized spacial score (nSPS) is 10.8. The Labute approximate surface area is 85.9 Å². The molecule has 0 rings (SSSR count). The Morgan fingerprint density at radius 2 is 1.71 bits per heavy atom. The van der Waals surface area contributed by atoms with Crippen LogP contribution in [0.5, 0.6) is 0 Å². The molecule has 0 amide bonds. The molecule has 0 heterocycles. The number of rotatable bonds is 5. The van der Waals surface area contributed by atoms with E-state index in [1.807, 2.05) is 13.8 Å². The van der Waals surface area contributed by atoms with Crippen LogP contribution in [-0.2, 0) is 9.84 Å². The standard InChI is InChI=1S/C8H19N3O2S/c1-4-9-8(10-5-2)11-6-7-14(3,12)13/h4-7H2,1-3H3,(H2,9,10,11). The van der Waals surface area contributed by atoms with Crippen LogP contribution >= 0.6 is 0 Å². The SMILES string of the molecule is CCNC(=NCCS(C)(=O)=O)NCC. The molecule has 2 N–H and O–H groups in total. The van der Waals surface area contributed by atoms with Gasteiger partial charge in [-0.1, -0.05) is 0 Å². The molecule has 14 heavy (non-hydrogen) atoms. The van der Waals surface area contributed by atoms with E-state index in [4.69, 9.17) is 0 Å². The molecule has 5 nitrogen and oxygen atoms in total. The lowest BCUT2D eigenvalue weighted by Crippen LogP contribution is -2.37. The van der Waals surface area contributed by atoms with Crippen LogP contribution in [0.1, 0.15) is 13.8 Å². The molecule has 0 aliphatic heterocycles. The van der Waals surface area contributed by atoms with E-state index in [1.165, 1.54) is 6.26 Å². The zero-order valence-electron chi connectivity index (χ0n) is 9.00. The van der Waals surface area contributed by atoms with Crippen LogP contribution < -0.4 is 10.6 Å². The Kier molecular flexibility index (Phi) is 6.27. The van der Waals surface area contributed by atoms with Gasteiger partial charge in [-0.15, -0.1) is 0 Å². The summed E-state index contributed by atoms with van der Waals surface area (Å²) < 4.78 is 21.6. The average molecular weight is 221 g/mol. The molecule has 0 atom stereocenters. The summed E-state index contributed by atoms with van der Waals surface area (Å²) in [5.74, 6) is 0.756. The molecule has 0 saturated carbocycles. The minimum absolute atomic E-state index is 0.0906. The van der Waals surface area contributed by atoms with Crippen molar-refractivity contribution in [3.05, 3.63) is 0 Å². The van der Waals surface area contributed by atoms with E-state index in [0.717, 1.165) is 13.1 Å². The number of guanidine groups is 1. The molecule has 0 aromatic heterocycles. The number of aliphatic imine (C=N–C) groups is 1. The lowest BCUT2D eigenvalue weighted by atomic mass is 10.6. The zero-order chi connectivity index (χ0) is 11.0. The summed E-state index contributed by atoms with van der Waals surface area (Å²) in [7, 11) is -2.91. The van der Waals surface area contributed by atoms with Crippen LogP contribution in [0, 0.1) is 0 Å². The Morgan fingerprint density at radius 1 is 1.21 bits per heavy atom. The fourth-order valence-corrected chi connectivity index (χ4v) is 1.26. The lowest BCUT2D eigenvalue weighted by molar-refractivity contribution is 0.601. The number of nitrogens with zero attached hydrogens (tertiary/aromatic N) is 1. The van der Waals surface area contributed by atoms with Crippen molar-refractivity contribution in [2.24, 2.45) is 4.99 Å². The molecule has 0 bridgehead atoms. The van der Waals surface area contributed by atoms with Crippen molar-refractivity contribution >= 4 is 15.8 Å². The Morgan fingerprint density at radius 3 is 2.07 bits per heavy atom. The second kappa shape index (κ2) is 6.64. The fraction of sp³-hybridized carbons (Fsp3) is 0.875. The topological polar surface area (TPSA) is 70.6 Å². The first-order chi connectivity index (χ1) is 6.49. The highest BCUT2D eigenvalue weighted by molar-refractivity contribution is 7.90. The highest BCUT2D eigenvalue weighted by Crippen LogP contribution is 1.83. The van der Waals surface area contributed by atoms with Gasteiger partial charge in [-0.05, 0) is 13.8 Å². The van der Waals surface area contributed by atoms with Gasteiger partial charge in [0.15, 0.2) is 5.96 Å². The van der Waals surface area contributed by atoms with Gasteiger partial charge in [0.2, 0.25) is 0 Å². The molecule has 0 fully saturated rings. The Bertz CT molecular complexity index is 264. The van der Waals surface area contributed by atoms with E-state index in [1.54, 1.807) is 0 Å². The summed E-state index contributed by atoms with van der Waals surface area (Å²) >= 11 is 0. The average Bonchev–Trinajstić information content (AvgIpc) is 2.02. The van der Waals surface area contributed by atoms with Crippen molar-refractivity contribution in [2.45, 2.75) is 13.8 Å². The predicted octanol–water partition coefficient (Wildman–Crippen LogP) is -0.394. The van der Waals surface area contributed by atoms with E-state index < -0.39 is 9.84 Å². The molecule has 0 aliphatic carbocycles.